The van der Waals surface area contributed by atoms with Gasteiger partial charge in [0.2, 0.25) is 0 Å². The smallest absolute Gasteiger partial charge is 0.251 e. The van der Waals surface area contributed by atoms with E-state index in [1.165, 1.54) is 0 Å². The Kier molecular flexibility index (Phi) is 5.60. The average Bonchev–Trinajstić information content (AvgIpc) is 3.45. The number of H-pyrrole nitrogens is 1. The van der Waals surface area contributed by atoms with Crippen LogP contribution in [-0.2, 0) is 0 Å². The molecule has 29 heavy (non-hydrogen) atoms. The van der Waals surface area contributed by atoms with Crippen LogP contribution in [0.5, 0.6) is 5.75 Å². The molecule has 8 heteroatoms. The van der Waals surface area contributed by atoms with E-state index in [0.717, 1.165) is 47.4 Å². The Morgan fingerprint density at radius 2 is 2.24 bits per heavy atom. The Bertz CT molecular complexity index is 1070. The van der Waals surface area contributed by atoms with Gasteiger partial charge < -0.3 is 10.1 Å². The Morgan fingerprint density at radius 3 is 3.00 bits per heavy atom. The summed E-state index contributed by atoms with van der Waals surface area (Å²) in [5.41, 5.74) is 3.94. The predicted octanol–water partition coefficient (Wildman–Crippen LogP) is 3.36. The molecule has 148 valence electrons. The normalized spacial score (nSPS) is 12.9. The van der Waals surface area contributed by atoms with E-state index in [9.17, 15) is 4.79 Å². The van der Waals surface area contributed by atoms with Crippen molar-refractivity contribution in [3.8, 4) is 17.0 Å². The summed E-state index contributed by atoms with van der Waals surface area (Å²) in [6.07, 6.45) is 7.76. The van der Waals surface area contributed by atoms with Crippen molar-refractivity contribution in [3.63, 3.8) is 0 Å². The number of hydrogen-bond donors (Lipinski definition) is 2. The molecule has 1 aromatic carbocycles. The lowest BCUT2D eigenvalue weighted by molar-refractivity contribution is 0.0953. The van der Waals surface area contributed by atoms with Gasteiger partial charge in [0.05, 0.1) is 24.0 Å². The minimum atomic E-state index is -0.120. The number of hydrogen-bond acceptors (Lipinski definition) is 6. The summed E-state index contributed by atoms with van der Waals surface area (Å²) in [4.78, 5) is 17.3. The topological polar surface area (TPSA) is 105 Å². The number of ether oxygens (including phenoxy) is 1. The molecule has 1 aliphatic heterocycles. The van der Waals surface area contributed by atoms with Gasteiger partial charge in [-0.15, -0.1) is 0 Å². The predicted molar refractivity (Wildman–Crippen MR) is 113 cm³/mol. The van der Waals surface area contributed by atoms with Gasteiger partial charge in [0.1, 0.15) is 5.75 Å². The van der Waals surface area contributed by atoms with Crippen LogP contribution >= 0.6 is 0 Å². The second-order valence-electron chi connectivity index (χ2n) is 6.69. The van der Waals surface area contributed by atoms with E-state index in [2.05, 4.69) is 25.7 Å². The highest BCUT2D eigenvalue weighted by Crippen LogP contribution is 2.30. The summed E-state index contributed by atoms with van der Waals surface area (Å²) in [6.45, 7) is 3.07. The van der Waals surface area contributed by atoms with Gasteiger partial charge in [-0.05, 0) is 38.0 Å². The molecule has 0 bridgehead atoms. The molecule has 8 nitrogen and oxygen atoms in total. The number of carbonyl (C=O) groups excluding carboxylic acids is 1. The van der Waals surface area contributed by atoms with Gasteiger partial charge in [-0.2, -0.15) is 15.3 Å². The average molecular weight is 390 g/mol. The van der Waals surface area contributed by atoms with Crippen molar-refractivity contribution in [1.82, 2.24) is 20.5 Å². The van der Waals surface area contributed by atoms with E-state index >= 15 is 0 Å². The van der Waals surface area contributed by atoms with Crippen molar-refractivity contribution in [2.45, 2.75) is 26.2 Å². The number of nitrogens with zero attached hydrogens (tertiary/aromatic N) is 4. The lowest BCUT2D eigenvalue weighted by atomic mass is 10.1. The van der Waals surface area contributed by atoms with Crippen LogP contribution in [-0.4, -0.2) is 46.2 Å². The zero-order valence-electron chi connectivity index (χ0n) is 16.2. The molecule has 0 atom stereocenters. The summed E-state index contributed by atoms with van der Waals surface area (Å²) < 4.78 is 5.79. The number of aromatic amines is 1. The van der Waals surface area contributed by atoms with Crippen molar-refractivity contribution in [2.75, 3.05) is 13.2 Å². The molecule has 0 aliphatic carbocycles. The molecule has 0 spiro atoms. The second-order valence-corrected chi connectivity index (χ2v) is 6.69. The Hall–Kier alpha value is -3.55. The van der Waals surface area contributed by atoms with Crippen molar-refractivity contribution in [3.05, 3.63) is 42.2 Å². The van der Waals surface area contributed by atoms with Crippen LogP contribution in [0.2, 0.25) is 0 Å². The third kappa shape index (κ3) is 4.31. The summed E-state index contributed by atoms with van der Waals surface area (Å²) >= 11 is 0. The van der Waals surface area contributed by atoms with Gasteiger partial charge in [-0.25, -0.2) is 4.98 Å². The number of rotatable bonds is 8. The van der Waals surface area contributed by atoms with E-state index < -0.39 is 0 Å². The molecule has 3 aromatic rings. The Labute approximate surface area is 168 Å². The van der Waals surface area contributed by atoms with Gasteiger partial charge in [-0.1, -0.05) is 0 Å². The fourth-order valence-corrected chi connectivity index (χ4v) is 3.21. The second kappa shape index (κ2) is 8.64. The molecule has 0 unspecified atom stereocenters. The van der Waals surface area contributed by atoms with Gasteiger partial charge in [-0.3, -0.25) is 9.89 Å². The monoisotopic (exact) mass is 390 g/mol. The van der Waals surface area contributed by atoms with Crippen LogP contribution in [0.15, 0.2) is 46.9 Å². The van der Waals surface area contributed by atoms with Gasteiger partial charge >= 0.3 is 0 Å². The quantitative estimate of drug-likeness (QED) is 0.575. The van der Waals surface area contributed by atoms with Gasteiger partial charge in [0.15, 0.2) is 0 Å². The maximum atomic E-state index is 12.6. The minimum absolute atomic E-state index is 0.120. The van der Waals surface area contributed by atoms with Crippen molar-refractivity contribution < 1.29 is 9.53 Å². The maximum Gasteiger partial charge on any atom is 0.251 e. The number of amides is 1. The zero-order chi connectivity index (χ0) is 20.1. The van der Waals surface area contributed by atoms with Crippen LogP contribution in [0.25, 0.3) is 22.2 Å². The highest BCUT2D eigenvalue weighted by atomic mass is 16.5. The summed E-state index contributed by atoms with van der Waals surface area (Å²) in [7, 11) is 0. The summed E-state index contributed by atoms with van der Waals surface area (Å²) in [5, 5.41) is 18.5. The largest absolute Gasteiger partial charge is 0.493 e. The Morgan fingerprint density at radius 1 is 1.31 bits per heavy atom. The number of benzene rings is 1. The van der Waals surface area contributed by atoms with E-state index in [4.69, 9.17) is 9.72 Å². The van der Waals surface area contributed by atoms with Crippen LogP contribution in [0.3, 0.4) is 0 Å². The molecule has 0 radical (unpaired) electrons. The van der Waals surface area contributed by atoms with E-state index in [1.54, 1.807) is 30.7 Å². The van der Waals surface area contributed by atoms with E-state index in [0.29, 0.717) is 24.2 Å². The number of carbonyl (C=O) groups is 1. The minimum Gasteiger partial charge on any atom is -0.493 e. The van der Waals surface area contributed by atoms with Crippen molar-refractivity contribution >= 4 is 28.7 Å². The van der Waals surface area contributed by atoms with Crippen LogP contribution in [0.4, 0.5) is 0 Å². The first-order valence-electron chi connectivity index (χ1n) is 9.67. The highest BCUT2D eigenvalue weighted by Gasteiger charge is 2.13. The molecular formula is C21H22N6O2. The molecule has 4 rings (SSSR count). The molecular weight excluding hydrogens is 368 g/mol. The number of pyridine rings is 1. The van der Waals surface area contributed by atoms with Gasteiger partial charge in [0, 0.05) is 53.7 Å². The summed E-state index contributed by atoms with van der Waals surface area (Å²) in [5.74, 6) is 0.616. The fraction of sp³-hybridized carbons (Fsp3) is 0.286. The van der Waals surface area contributed by atoms with E-state index in [1.807, 2.05) is 19.1 Å². The molecule has 2 aromatic heterocycles. The standard InChI is InChI=1S/C21H22N6O2/c1-2-29-20-11-18(15-12-24-25-13-15)26-19-10-14(5-6-17(19)20)21(28)22-8-3-4-16-7-9-23-27-16/h5-6,9-13H,2-4,7-8H2,1H3,(H,22,28)(H,24,25). The van der Waals surface area contributed by atoms with E-state index in [-0.39, 0.29) is 5.91 Å². The molecule has 1 aliphatic rings. The first-order valence-corrected chi connectivity index (χ1v) is 9.67. The zero-order valence-corrected chi connectivity index (χ0v) is 16.2. The Balaban J connectivity index is 1.51. The SMILES string of the molecule is CCOc1cc(-c2cn[nH]c2)nc2cc(C(=O)NCCCC3=NN=CC3)ccc12. The lowest BCUT2D eigenvalue weighted by Gasteiger charge is -2.11. The highest BCUT2D eigenvalue weighted by molar-refractivity contribution is 6.00. The third-order valence-electron chi connectivity index (χ3n) is 4.66. The first kappa shape index (κ1) is 18.8. The summed E-state index contributed by atoms with van der Waals surface area (Å²) in [6, 6.07) is 7.37. The first-order chi connectivity index (χ1) is 14.2. The third-order valence-corrected chi connectivity index (χ3v) is 4.66. The van der Waals surface area contributed by atoms with Gasteiger partial charge in [0.25, 0.3) is 5.91 Å². The number of aromatic nitrogens is 3. The molecule has 1 amide bonds. The lowest BCUT2D eigenvalue weighted by Crippen LogP contribution is -2.24. The molecule has 0 saturated heterocycles. The number of fused-ring (bicyclic) bond motifs is 1. The van der Waals surface area contributed by atoms with Crippen LogP contribution in [0, 0.1) is 0 Å². The van der Waals surface area contributed by atoms with Crippen LogP contribution < -0.4 is 10.1 Å². The molecule has 2 N–H and O–H groups in total. The van der Waals surface area contributed by atoms with Crippen molar-refractivity contribution in [1.29, 1.82) is 0 Å². The molecule has 0 fully saturated rings. The number of nitrogens with one attached hydrogen (secondary N) is 2. The fourth-order valence-electron chi connectivity index (χ4n) is 3.21. The molecule has 0 saturated carbocycles. The maximum absolute atomic E-state index is 12.6. The van der Waals surface area contributed by atoms with Crippen LogP contribution in [0.1, 0.15) is 36.5 Å². The van der Waals surface area contributed by atoms with Crippen molar-refractivity contribution in [2.24, 2.45) is 10.2 Å². The molecule has 3 heterocycles.